The predicted molar refractivity (Wildman–Crippen MR) is 86.0 cm³/mol. The van der Waals surface area contributed by atoms with Crippen LogP contribution in [0.4, 0.5) is 0 Å². The van der Waals surface area contributed by atoms with E-state index < -0.39 is 5.41 Å². The van der Waals surface area contributed by atoms with Gasteiger partial charge in [-0.25, -0.2) is 0 Å². The van der Waals surface area contributed by atoms with Gasteiger partial charge in [0.1, 0.15) is 0 Å². The Labute approximate surface area is 124 Å². The van der Waals surface area contributed by atoms with Gasteiger partial charge in [-0.1, -0.05) is 26.8 Å². The van der Waals surface area contributed by atoms with E-state index in [1.165, 1.54) is 0 Å². The van der Waals surface area contributed by atoms with Crippen LogP contribution in [-0.4, -0.2) is 18.0 Å². The highest BCUT2D eigenvalue weighted by atomic mass is 16.2. The monoisotopic (exact) mass is 283 g/mol. The molecule has 0 bridgehead atoms. The number of carbonyl (C=O) groups excluding carboxylic acids is 1. The molecule has 4 N–H and O–H groups in total. The number of hydrogen-bond donors (Lipinski definition) is 3. The molecule has 0 aliphatic carbocycles. The summed E-state index contributed by atoms with van der Waals surface area (Å²) < 4.78 is 0. The lowest BCUT2D eigenvalue weighted by Gasteiger charge is -2.39. The number of amides is 1. The molecule has 0 fully saturated rings. The van der Waals surface area contributed by atoms with Crippen LogP contribution in [0, 0.1) is 10.8 Å². The maximum absolute atomic E-state index is 12.5. The predicted octanol–water partition coefficient (Wildman–Crippen LogP) is 2.75. The van der Waals surface area contributed by atoms with Crippen molar-refractivity contribution in [1.82, 2.24) is 10.7 Å². The molecule has 0 heterocycles. The first kappa shape index (κ1) is 19.1. The number of nitrogens with one attached hydrogen (secondary N) is 2. The molecule has 1 amide bonds. The molecule has 0 aromatic rings. The molecular formula is C16H33N3O. The van der Waals surface area contributed by atoms with Crippen molar-refractivity contribution in [2.45, 2.75) is 66.3 Å². The van der Waals surface area contributed by atoms with Crippen LogP contribution in [-0.2, 0) is 4.79 Å². The molecule has 118 valence electrons. The first-order valence-corrected chi connectivity index (χ1v) is 7.48. The van der Waals surface area contributed by atoms with Crippen LogP contribution >= 0.6 is 0 Å². The molecule has 0 radical (unpaired) electrons. The zero-order chi connectivity index (χ0) is 16.0. The third-order valence-electron chi connectivity index (χ3n) is 4.45. The van der Waals surface area contributed by atoms with Crippen molar-refractivity contribution in [2.24, 2.45) is 16.7 Å². The normalized spacial score (nSPS) is 17.9. The van der Waals surface area contributed by atoms with Crippen LogP contribution in [0.2, 0.25) is 0 Å². The molecule has 4 nitrogen and oxygen atoms in total. The zero-order valence-electron chi connectivity index (χ0n) is 14.1. The average Bonchev–Trinajstić information content (AvgIpc) is 2.38. The fourth-order valence-corrected chi connectivity index (χ4v) is 2.27. The second kappa shape index (κ2) is 7.23. The van der Waals surface area contributed by atoms with E-state index in [-0.39, 0.29) is 16.9 Å². The van der Waals surface area contributed by atoms with Crippen molar-refractivity contribution in [3.8, 4) is 0 Å². The minimum atomic E-state index is -0.526. The lowest BCUT2D eigenvalue weighted by molar-refractivity contribution is -0.131. The van der Waals surface area contributed by atoms with Gasteiger partial charge in [0, 0.05) is 12.1 Å². The Hall–Kier alpha value is -0.870. The van der Waals surface area contributed by atoms with Crippen molar-refractivity contribution in [3.63, 3.8) is 0 Å². The summed E-state index contributed by atoms with van der Waals surface area (Å²) in [5, 5.41) is 3.21. The number of hydrogen-bond acceptors (Lipinski definition) is 3. The highest BCUT2D eigenvalue weighted by molar-refractivity contribution is 5.82. The third kappa shape index (κ3) is 5.25. The molecule has 0 aromatic heterocycles. The van der Waals surface area contributed by atoms with Crippen molar-refractivity contribution >= 4 is 5.91 Å². The van der Waals surface area contributed by atoms with Gasteiger partial charge in [-0.05, 0) is 45.4 Å². The van der Waals surface area contributed by atoms with Gasteiger partial charge in [-0.3, -0.25) is 16.1 Å². The Balaban J connectivity index is 4.99. The Bertz CT molecular complexity index is 341. The van der Waals surface area contributed by atoms with E-state index in [9.17, 15) is 4.79 Å². The summed E-state index contributed by atoms with van der Waals surface area (Å²) in [6, 6.07) is 0. The Morgan fingerprint density at radius 3 is 2.10 bits per heavy atom. The summed E-state index contributed by atoms with van der Waals surface area (Å²) in [6.45, 7) is 16.7. The summed E-state index contributed by atoms with van der Waals surface area (Å²) in [5.74, 6) is 5.38. The van der Waals surface area contributed by atoms with Crippen LogP contribution in [0.3, 0.4) is 0 Å². The van der Waals surface area contributed by atoms with Crippen molar-refractivity contribution in [3.05, 3.63) is 12.7 Å². The van der Waals surface area contributed by atoms with Crippen molar-refractivity contribution in [2.75, 3.05) is 6.54 Å². The fourth-order valence-electron chi connectivity index (χ4n) is 2.27. The molecule has 2 unspecified atom stereocenters. The summed E-state index contributed by atoms with van der Waals surface area (Å²) in [6.07, 6.45) is 4.78. The van der Waals surface area contributed by atoms with E-state index in [1.807, 2.05) is 19.9 Å². The van der Waals surface area contributed by atoms with Crippen molar-refractivity contribution in [1.29, 1.82) is 0 Å². The van der Waals surface area contributed by atoms with Gasteiger partial charge in [-0.2, -0.15) is 0 Å². The van der Waals surface area contributed by atoms with E-state index >= 15 is 0 Å². The molecule has 0 aliphatic rings. The molecule has 0 saturated carbocycles. The summed E-state index contributed by atoms with van der Waals surface area (Å²) in [7, 11) is 0. The van der Waals surface area contributed by atoms with Crippen LogP contribution in [0.5, 0.6) is 0 Å². The number of rotatable bonds is 9. The molecule has 0 spiro atoms. The second-order valence-electron chi connectivity index (χ2n) is 7.02. The highest BCUT2D eigenvalue weighted by Gasteiger charge is 2.36. The van der Waals surface area contributed by atoms with Crippen LogP contribution in [0.15, 0.2) is 12.7 Å². The van der Waals surface area contributed by atoms with E-state index in [0.29, 0.717) is 6.54 Å². The molecule has 0 aromatic carbocycles. The fraction of sp³-hybridized carbons (Fsp3) is 0.812. The molecule has 20 heavy (non-hydrogen) atoms. The Kier molecular flexibility index (Phi) is 6.91. The SMILES string of the molecule is C=CC(C)(CC)CC(C)(CC)NC(=O)C(C)(C)CNN. The second-order valence-corrected chi connectivity index (χ2v) is 7.02. The molecule has 4 heteroatoms. The molecular weight excluding hydrogens is 250 g/mol. The largest absolute Gasteiger partial charge is 0.350 e. The van der Waals surface area contributed by atoms with Gasteiger partial charge >= 0.3 is 0 Å². The average molecular weight is 283 g/mol. The summed E-state index contributed by atoms with van der Waals surface area (Å²) in [4.78, 5) is 12.5. The number of hydrazine groups is 1. The Morgan fingerprint density at radius 1 is 1.20 bits per heavy atom. The number of nitrogens with two attached hydrogens (primary N) is 1. The van der Waals surface area contributed by atoms with E-state index in [2.05, 4.69) is 45.0 Å². The molecule has 0 saturated heterocycles. The number of allylic oxidation sites excluding steroid dienone is 1. The number of carbonyl (C=O) groups is 1. The zero-order valence-corrected chi connectivity index (χ0v) is 14.1. The Morgan fingerprint density at radius 2 is 1.75 bits per heavy atom. The topological polar surface area (TPSA) is 67.2 Å². The third-order valence-corrected chi connectivity index (χ3v) is 4.45. The van der Waals surface area contributed by atoms with Gasteiger partial charge in [0.05, 0.1) is 5.41 Å². The standard InChI is InChI=1S/C16H33N3O/c1-8-15(6,9-2)11-16(7,10-3)19-13(20)14(4,5)12-18-17/h8,18H,1,9-12,17H2,2-7H3,(H,19,20). The maximum Gasteiger partial charge on any atom is 0.227 e. The summed E-state index contributed by atoms with van der Waals surface area (Å²) in [5.41, 5.74) is 1.86. The lowest BCUT2D eigenvalue weighted by Crippen LogP contribution is -2.54. The minimum absolute atomic E-state index is 0.0299. The summed E-state index contributed by atoms with van der Waals surface area (Å²) >= 11 is 0. The maximum atomic E-state index is 12.5. The van der Waals surface area contributed by atoms with Gasteiger partial charge in [0.25, 0.3) is 0 Å². The van der Waals surface area contributed by atoms with Gasteiger partial charge < -0.3 is 5.32 Å². The van der Waals surface area contributed by atoms with E-state index in [4.69, 9.17) is 5.84 Å². The van der Waals surface area contributed by atoms with Crippen LogP contribution in [0.1, 0.15) is 60.8 Å². The minimum Gasteiger partial charge on any atom is -0.350 e. The quantitative estimate of drug-likeness (QED) is 0.346. The van der Waals surface area contributed by atoms with Crippen LogP contribution < -0.4 is 16.6 Å². The smallest absolute Gasteiger partial charge is 0.227 e. The lowest BCUT2D eigenvalue weighted by atomic mass is 9.74. The molecule has 0 aliphatic heterocycles. The van der Waals surface area contributed by atoms with Gasteiger partial charge in [0.15, 0.2) is 0 Å². The first-order chi connectivity index (χ1) is 9.08. The van der Waals surface area contributed by atoms with E-state index in [0.717, 1.165) is 19.3 Å². The van der Waals surface area contributed by atoms with Crippen LogP contribution in [0.25, 0.3) is 0 Å². The van der Waals surface area contributed by atoms with E-state index in [1.54, 1.807) is 0 Å². The van der Waals surface area contributed by atoms with Gasteiger partial charge in [0.2, 0.25) is 5.91 Å². The highest BCUT2D eigenvalue weighted by Crippen LogP contribution is 2.35. The first-order valence-electron chi connectivity index (χ1n) is 7.48. The molecule has 0 rings (SSSR count). The van der Waals surface area contributed by atoms with Crippen molar-refractivity contribution < 1.29 is 4.79 Å². The van der Waals surface area contributed by atoms with Gasteiger partial charge in [-0.15, -0.1) is 6.58 Å². The molecule has 2 atom stereocenters.